The van der Waals surface area contributed by atoms with Gasteiger partial charge in [0, 0.05) is 5.56 Å². The number of nitrogens with zero attached hydrogens (tertiary/aromatic N) is 1. The first-order valence-electron chi connectivity index (χ1n) is 7.48. The van der Waals surface area contributed by atoms with E-state index in [-0.39, 0.29) is 0 Å². The molecule has 2 nitrogen and oxygen atoms in total. The van der Waals surface area contributed by atoms with Crippen molar-refractivity contribution < 1.29 is 5.21 Å². The third-order valence-electron chi connectivity index (χ3n) is 3.63. The molecule has 2 heteroatoms. The van der Waals surface area contributed by atoms with Gasteiger partial charge in [0.05, 0.1) is 0 Å². The lowest BCUT2D eigenvalue weighted by Gasteiger charge is -2.09. The van der Waals surface area contributed by atoms with E-state index in [2.05, 4.69) is 29.4 Å². The second-order valence-electron chi connectivity index (χ2n) is 5.14. The summed E-state index contributed by atoms with van der Waals surface area (Å²) in [4.78, 5) is 0. The molecule has 0 saturated carbocycles. The lowest BCUT2D eigenvalue weighted by Crippen LogP contribution is -1.99. The Hall–Kier alpha value is -3.13. The van der Waals surface area contributed by atoms with Crippen LogP contribution in [-0.4, -0.2) is 10.9 Å². The van der Waals surface area contributed by atoms with Crippen LogP contribution in [-0.2, 0) is 0 Å². The minimum absolute atomic E-state index is 0.535. The van der Waals surface area contributed by atoms with Gasteiger partial charge in [-0.3, -0.25) is 0 Å². The number of rotatable bonds is 4. The zero-order valence-electron chi connectivity index (χ0n) is 12.6. The van der Waals surface area contributed by atoms with Crippen molar-refractivity contribution in [2.24, 2.45) is 5.16 Å². The van der Waals surface area contributed by atoms with E-state index in [0.29, 0.717) is 5.71 Å². The molecule has 0 aliphatic carbocycles. The van der Waals surface area contributed by atoms with E-state index in [9.17, 15) is 5.21 Å². The van der Waals surface area contributed by atoms with Crippen LogP contribution >= 0.6 is 0 Å². The molecule has 0 bridgehead atoms. The van der Waals surface area contributed by atoms with Gasteiger partial charge < -0.3 is 5.21 Å². The highest BCUT2D eigenvalue weighted by molar-refractivity contribution is 6.13. The van der Waals surface area contributed by atoms with Crippen LogP contribution in [0.5, 0.6) is 0 Å². The lowest BCUT2D eigenvalue weighted by molar-refractivity contribution is 0.320. The first-order valence-corrected chi connectivity index (χ1v) is 7.48. The first kappa shape index (κ1) is 14.8. The molecule has 0 radical (unpaired) electrons. The van der Waals surface area contributed by atoms with Crippen LogP contribution in [0.3, 0.4) is 0 Å². The fourth-order valence-electron chi connectivity index (χ4n) is 2.48. The maximum absolute atomic E-state index is 9.47. The molecule has 0 atom stereocenters. The standard InChI is InChI=1S/C21H17NO/c23-22-21(19-14-8-3-9-15-19)16-20(17-10-4-1-5-11-17)18-12-6-2-7-13-18/h1-16,23H/b22-21+. The van der Waals surface area contributed by atoms with Crippen molar-refractivity contribution in [1.82, 2.24) is 0 Å². The van der Waals surface area contributed by atoms with Crippen molar-refractivity contribution in [3.63, 3.8) is 0 Å². The average molecular weight is 299 g/mol. The molecule has 0 unspecified atom stereocenters. The van der Waals surface area contributed by atoms with Gasteiger partial charge in [-0.05, 0) is 22.8 Å². The molecule has 0 aromatic heterocycles. The molecule has 0 fully saturated rings. The normalized spacial score (nSPS) is 11.0. The Morgan fingerprint density at radius 3 is 1.39 bits per heavy atom. The molecule has 0 aliphatic rings. The summed E-state index contributed by atoms with van der Waals surface area (Å²) in [5.41, 5.74) is 4.59. The van der Waals surface area contributed by atoms with E-state index in [1.807, 2.05) is 72.8 Å². The highest BCUT2D eigenvalue weighted by atomic mass is 16.4. The quantitative estimate of drug-likeness (QED) is 0.410. The van der Waals surface area contributed by atoms with Crippen LogP contribution in [0.4, 0.5) is 0 Å². The minimum Gasteiger partial charge on any atom is -0.410 e. The van der Waals surface area contributed by atoms with Crippen molar-refractivity contribution in [2.75, 3.05) is 0 Å². The van der Waals surface area contributed by atoms with Crippen molar-refractivity contribution in [3.8, 4) is 0 Å². The minimum atomic E-state index is 0.535. The van der Waals surface area contributed by atoms with Crippen molar-refractivity contribution >= 4 is 11.3 Å². The predicted octanol–water partition coefficient (Wildman–Crippen LogP) is 5.00. The zero-order valence-corrected chi connectivity index (χ0v) is 12.6. The van der Waals surface area contributed by atoms with Crippen LogP contribution in [0, 0.1) is 0 Å². The molecule has 0 aliphatic heterocycles. The van der Waals surface area contributed by atoms with Crippen molar-refractivity contribution in [2.45, 2.75) is 0 Å². The van der Waals surface area contributed by atoms with E-state index in [0.717, 1.165) is 22.3 Å². The number of hydrogen-bond acceptors (Lipinski definition) is 2. The Bertz CT molecular complexity index is 765. The highest BCUT2D eigenvalue weighted by Gasteiger charge is 2.08. The Morgan fingerprint density at radius 1 is 0.609 bits per heavy atom. The summed E-state index contributed by atoms with van der Waals surface area (Å²) in [6.45, 7) is 0. The second-order valence-corrected chi connectivity index (χ2v) is 5.14. The SMILES string of the molecule is O/N=C(\C=C(c1ccccc1)c1ccccc1)c1ccccc1. The van der Waals surface area contributed by atoms with Gasteiger partial charge in [0.15, 0.2) is 0 Å². The molecular formula is C21H17NO. The summed E-state index contributed by atoms with van der Waals surface area (Å²) in [6.07, 6.45) is 1.92. The van der Waals surface area contributed by atoms with E-state index in [1.54, 1.807) is 0 Å². The summed E-state index contributed by atoms with van der Waals surface area (Å²) < 4.78 is 0. The monoisotopic (exact) mass is 299 g/mol. The molecule has 112 valence electrons. The molecule has 1 N–H and O–H groups in total. The van der Waals surface area contributed by atoms with Gasteiger partial charge in [-0.1, -0.05) is 96.2 Å². The maximum Gasteiger partial charge on any atom is 0.110 e. The summed E-state index contributed by atoms with van der Waals surface area (Å²) in [6, 6.07) is 29.9. The van der Waals surface area contributed by atoms with E-state index in [1.165, 1.54) is 0 Å². The van der Waals surface area contributed by atoms with Crippen LogP contribution in [0.1, 0.15) is 16.7 Å². The topological polar surface area (TPSA) is 32.6 Å². The number of allylic oxidation sites excluding steroid dienone is 1. The Morgan fingerprint density at radius 2 is 1.00 bits per heavy atom. The Kier molecular flexibility index (Phi) is 4.65. The van der Waals surface area contributed by atoms with Gasteiger partial charge in [0.25, 0.3) is 0 Å². The van der Waals surface area contributed by atoms with E-state index in [4.69, 9.17) is 0 Å². The summed E-state index contributed by atoms with van der Waals surface area (Å²) in [7, 11) is 0. The molecule has 3 aromatic carbocycles. The third kappa shape index (κ3) is 3.55. The smallest absolute Gasteiger partial charge is 0.110 e. The Labute approximate surface area is 136 Å². The molecule has 0 amide bonds. The van der Waals surface area contributed by atoms with Crippen molar-refractivity contribution in [3.05, 3.63) is 114 Å². The fourth-order valence-corrected chi connectivity index (χ4v) is 2.48. The van der Waals surface area contributed by atoms with E-state index < -0.39 is 0 Å². The Balaban J connectivity index is 2.12. The molecule has 3 aromatic rings. The molecule has 23 heavy (non-hydrogen) atoms. The zero-order chi connectivity index (χ0) is 15.9. The summed E-state index contributed by atoms with van der Waals surface area (Å²) in [5.74, 6) is 0. The van der Waals surface area contributed by atoms with Gasteiger partial charge >= 0.3 is 0 Å². The largest absolute Gasteiger partial charge is 0.410 e. The number of benzene rings is 3. The number of hydrogen-bond donors (Lipinski definition) is 1. The summed E-state index contributed by atoms with van der Waals surface area (Å²) in [5, 5.41) is 13.0. The summed E-state index contributed by atoms with van der Waals surface area (Å²) >= 11 is 0. The first-order chi connectivity index (χ1) is 11.4. The molecule has 3 rings (SSSR count). The third-order valence-corrected chi connectivity index (χ3v) is 3.63. The highest BCUT2D eigenvalue weighted by Crippen LogP contribution is 2.24. The molecule has 0 heterocycles. The van der Waals surface area contributed by atoms with Crippen molar-refractivity contribution in [1.29, 1.82) is 0 Å². The molecule has 0 saturated heterocycles. The average Bonchev–Trinajstić information content (AvgIpc) is 2.65. The van der Waals surface area contributed by atoms with Crippen LogP contribution in [0.25, 0.3) is 5.57 Å². The lowest BCUT2D eigenvalue weighted by atomic mass is 9.95. The van der Waals surface area contributed by atoms with Gasteiger partial charge in [0.2, 0.25) is 0 Å². The number of oxime groups is 1. The van der Waals surface area contributed by atoms with Crippen LogP contribution in [0.2, 0.25) is 0 Å². The predicted molar refractivity (Wildman–Crippen MR) is 94.7 cm³/mol. The van der Waals surface area contributed by atoms with Crippen LogP contribution < -0.4 is 0 Å². The fraction of sp³-hybridized carbons (Fsp3) is 0. The molecular weight excluding hydrogens is 282 g/mol. The van der Waals surface area contributed by atoms with Gasteiger partial charge in [-0.15, -0.1) is 0 Å². The van der Waals surface area contributed by atoms with Gasteiger partial charge in [-0.25, -0.2) is 0 Å². The van der Waals surface area contributed by atoms with E-state index >= 15 is 0 Å². The molecule has 0 spiro atoms. The van der Waals surface area contributed by atoms with Crippen LogP contribution in [0.15, 0.2) is 102 Å². The maximum atomic E-state index is 9.47. The second kappa shape index (κ2) is 7.23. The van der Waals surface area contributed by atoms with Gasteiger partial charge in [-0.2, -0.15) is 0 Å². The van der Waals surface area contributed by atoms with Gasteiger partial charge in [0.1, 0.15) is 5.71 Å².